The zero-order valence-electron chi connectivity index (χ0n) is 12.2. The smallest absolute Gasteiger partial charge is 0.651 e. The molecule has 0 aromatic carbocycles. The molecule has 0 rings (SSSR count). The van der Waals surface area contributed by atoms with Crippen LogP contribution < -0.4 is 58.2 Å². The topological polar surface area (TPSA) is 40.4 Å². The molecule has 0 aliphatic heterocycles. The van der Waals surface area contributed by atoms with E-state index in [1.165, 1.54) is 12.8 Å². The van der Waals surface area contributed by atoms with Gasteiger partial charge in [-0.3, -0.25) is 0 Å². The summed E-state index contributed by atoms with van der Waals surface area (Å²) in [5, 5.41) is 3.91. The predicted molar refractivity (Wildman–Crippen MR) is 67.6 cm³/mol. The molecular weight excluding hydrogens is 288 g/mol. The maximum atomic E-state index is 11.2. The van der Waals surface area contributed by atoms with Gasteiger partial charge < -0.3 is 14.8 Å². The first-order valence-electron chi connectivity index (χ1n) is 6.30. The first-order chi connectivity index (χ1) is 7.52. The van der Waals surface area contributed by atoms with E-state index in [0.717, 1.165) is 12.3 Å². The van der Waals surface area contributed by atoms with Crippen LogP contribution in [0.25, 0.3) is 5.32 Å². The van der Waals surface area contributed by atoms with E-state index < -0.39 is 0 Å². The molecule has 0 saturated carbocycles. The van der Waals surface area contributed by atoms with Gasteiger partial charge in [0, 0.05) is 6.61 Å². The van der Waals surface area contributed by atoms with Gasteiger partial charge in [-0.05, 0) is 12.3 Å². The molecule has 96 valence electrons. The van der Waals surface area contributed by atoms with E-state index in [-0.39, 0.29) is 70.7 Å². The summed E-state index contributed by atoms with van der Waals surface area (Å²) in [5.74, 6) is 1.07. The van der Waals surface area contributed by atoms with Gasteiger partial charge in [-0.25, -0.2) is 0 Å². The molecule has 0 aromatic rings. The van der Waals surface area contributed by atoms with Crippen molar-refractivity contribution in [2.24, 2.45) is 11.8 Å². The van der Waals surface area contributed by atoms with Crippen LogP contribution in [0.4, 0.5) is 0 Å². The number of carbonyl (C=O) groups excluding carboxylic acids is 1. The molecule has 0 atom stereocenters. The molecule has 0 bridgehead atoms. The predicted octanol–water partition coefficient (Wildman–Crippen LogP) is 0.390. The van der Waals surface area contributed by atoms with E-state index in [1.54, 1.807) is 0 Å². The number of carbonyl (C=O) groups is 1. The molecular formula is C13H26NO2Rb. The third-order valence-electron chi connectivity index (χ3n) is 2.18. The van der Waals surface area contributed by atoms with Crippen LogP contribution in [0.1, 0.15) is 47.0 Å². The van der Waals surface area contributed by atoms with Gasteiger partial charge in [-0.1, -0.05) is 46.5 Å². The van der Waals surface area contributed by atoms with Gasteiger partial charge >= 0.3 is 58.2 Å². The average molecular weight is 314 g/mol. The fraction of sp³-hybridized carbons (Fsp3) is 0.923. The Morgan fingerprint density at radius 1 is 1.12 bits per heavy atom. The molecule has 0 radical (unpaired) electrons. The van der Waals surface area contributed by atoms with Crippen LogP contribution >= 0.6 is 0 Å². The molecule has 1 amide bonds. The number of amides is 1. The van der Waals surface area contributed by atoms with E-state index >= 15 is 0 Å². The van der Waals surface area contributed by atoms with E-state index in [1.807, 2.05) is 13.8 Å². The summed E-state index contributed by atoms with van der Waals surface area (Å²) in [5.41, 5.74) is 0. The van der Waals surface area contributed by atoms with E-state index in [9.17, 15) is 4.79 Å². The van der Waals surface area contributed by atoms with Crippen molar-refractivity contribution in [2.45, 2.75) is 47.0 Å². The Hall–Kier alpha value is 1.24. The molecule has 0 aromatic heterocycles. The molecule has 0 fully saturated rings. The molecule has 0 heterocycles. The van der Waals surface area contributed by atoms with Crippen LogP contribution in [0, 0.1) is 11.8 Å². The van der Waals surface area contributed by atoms with Crippen molar-refractivity contribution in [3.8, 4) is 0 Å². The van der Waals surface area contributed by atoms with Crippen molar-refractivity contribution in [2.75, 3.05) is 19.8 Å². The number of hydrogen-bond acceptors (Lipinski definition) is 2. The molecule has 0 aliphatic carbocycles. The van der Waals surface area contributed by atoms with Crippen molar-refractivity contribution in [3.05, 3.63) is 5.32 Å². The summed E-state index contributed by atoms with van der Waals surface area (Å²) in [6, 6.07) is 0. The Kier molecular flexibility index (Phi) is 16.5. The van der Waals surface area contributed by atoms with Gasteiger partial charge in [-0.15, -0.1) is 6.54 Å². The Morgan fingerprint density at radius 3 is 2.29 bits per heavy atom. The SMILES string of the molecule is CC(C)CCCCOCC(=O)[N-]CC(C)C.[Rb+]. The van der Waals surface area contributed by atoms with Crippen molar-refractivity contribution < 1.29 is 67.7 Å². The third-order valence-corrected chi connectivity index (χ3v) is 2.18. The second-order valence-electron chi connectivity index (χ2n) is 5.07. The Labute approximate surface area is 155 Å². The molecule has 3 nitrogen and oxygen atoms in total. The van der Waals surface area contributed by atoms with Crippen LogP contribution in [0.15, 0.2) is 0 Å². The number of nitrogens with zero attached hydrogens (tertiary/aromatic N) is 1. The van der Waals surface area contributed by atoms with Crippen LogP contribution in [-0.2, 0) is 9.53 Å². The van der Waals surface area contributed by atoms with Gasteiger partial charge in [0.2, 0.25) is 0 Å². The minimum atomic E-state index is -0.127. The summed E-state index contributed by atoms with van der Waals surface area (Å²) in [6.45, 7) is 9.96. The van der Waals surface area contributed by atoms with Gasteiger partial charge in [0.1, 0.15) is 0 Å². The summed E-state index contributed by atoms with van der Waals surface area (Å²) in [4.78, 5) is 11.2. The second kappa shape index (κ2) is 13.7. The van der Waals surface area contributed by atoms with Crippen LogP contribution in [0.3, 0.4) is 0 Å². The summed E-state index contributed by atoms with van der Waals surface area (Å²) < 4.78 is 5.27. The Bertz CT molecular complexity index is 184. The van der Waals surface area contributed by atoms with Crippen molar-refractivity contribution >= 4 is 5.91 Å². The van der Waals surface area contributed by atoms with E-state index in [2.05, 4.69) is 19.2 Å². The minimum absolute atomic E-state index is 0. The molecule has 0 aliphatic rings. The third kappa shape index (κ3) is 17.2. The first-order valence-corrected chi connectivity index (χ1v) is 6.30. The molecule has 0 N–H and O–H groups in total. The maximum absolute atomic E-state index is 11.2. The van der Waals surface area contributed by atoms with Crippen LogP contribution in [-0.4, -0.2) is 25.7 Å². The maximum Gasteiger partial charge on any atom is 1.00 e. The number of rotatable bonds is 9. The second-order valence-corrected chi connectivity index (χ2v) is 5.07. The van der Waals surface area contributed by atoms with Gasteiger partial charge in [0.25, 0.3) is 0 Å². The molecule has 4 heteroatoms. The largest absolute Gasteiger partial charge is 1.00 e. The fourth-order valence-corrected chi connectivity index (χ4v) is 1.25. The monoisotopic (exact) mass is 313 g/mol. The van der Waals surface area contributed by atoms with E-state index in [4.69, 9.17) is 4.74 Å². The van der Waals surface area contributed by atoms with Gasteiger partial charge in [0.15, 0.2) is 0 Å². The molecule has 0 spiro atoms. The molecule has 0 unspecified atom stereocenters. The average Bonchev–Trinajstić information content (AvgIpc) is 2.19. The van der Waals surface area contributed by atoms with Crippen molar-refractivity contribution in [1.29, 1.82) is 0 Å². The van der Waals surface area contributed by atoms with Crippen molar-refractivity contribution in [1.82, 2.24) is 0 Å². The Morgan fingerprint density at radius 2 is 1.76 bits per heavy atom. The minimum Gasteiger partial charge on any atom is -0.651 e. The quantitative estimate of drug-likeness (QED) is 0.578. The number of ether oxygens (including phenoxy) is 1. The van der Waals surface area contributed by atoms with Gasteiger partial charge in [-0.2, -0.15) is 0 Å². The van der Waals surface area contributed by atoms with Crippen molar-refractivity contribution in [3.63, 3.8) is 0 Å². The number of hydrogen-bond donors (Lipinski definition) is 0. The normalized spacial score (nSPS) is 10.5. The van der Waals surface area contributed by atoms with Crippen LogP contribution in [0.2, 0.25) is 0 Å². The van der Waals surface area contributed by atoms with Gasteiger partial charge in [0.05, 0.1) is 12.5 Å². The zero-order valence-corrected chi connectivity index (χ0v) is 17.1. The zero-order chi connectivity index (χ0) is 12.4. The fourth-order valence-electron chi connectivity index (χ4n) is 1.25. The van der Waals surface area contributed by atoms with Crippen LogP contribution in [0.5, 0.6) is 0 Å². The molecule has 17 heavy (non-hydrogen) atoms. The Balaban J connectivity index is 0. The van der Waals surface area contributed by atoms with E-state index in [0.29, 0.717) is 19.1 Å². The summed E-state index contributed by atoms with van der Waals surface area (Å²) in [6.07, 6.45) is 3.44. The summed E-state index contributed by atoms with van der Waals surface area (Å²) in [7, 11) is 0. The molecule has 0 saturated heterocycles. The standard InChI is InChI=1S/C13H27NO2.Rb/c1-11(2)7-5-6-8-16-10-13(15)14-9-12(3)4;/h11-12H,5-10H2,1-4H3,(H,14,15);/q;+1/p-1. The first kappa shape index (κ1) is 20.6. The summed E-state index contributed by atoms with van der Waals surface area (Å²) >= 11 is 0. The number of unbranched alkanes of at least 4 members (excludes halogenated alkanes) is 1.